The van der Waals surface area contributed by atoms with Gasteiger partial charge >= 0.3 is 0 Å². The van der Waals surface area contributed by atoms with Gasteiger partial charge < -0.3 is 5.11 Å². The number of hydrogen-bond donors (Lipinski definition) is 1. The lowest BCUT2D eigenvalue weighted by atomic mass is 9.95. The molecule has 0 aromatic carbocycles. The summed E-state index contributed by atoms with van der Waals surface area (Å²) in [6.07, 6.45) is 3.30. The number of rotatable bonds is 3. The highest BCUT2D eigenvalue weighted by atomic mass is 16.3. The van der Waals surface area contributed by atoms with Crippen LogP contribution in [0.5, 0.6) is 0 Å². The monoisotopic (exact) mass is 185 g/mol. The van der Waals surface area contributed by atoms with Crippen molar-refractivity contribution in [1.29, 1.82) is 0 Å². The average Bonchev–Trinajstić information content (AvgIpc) is 2.04. The summed E-state index contributed by atoms with van der Waals surface area (Å²) in [6, 6.07) is 0.678. The molecule has 1 N–H and O–H groups in total. The van der Waals surface area contributed by atoms with Crippen LogP contribution in [0.25, 0.3) is 0 Å². The molecule has 1 heterocycles. The molecule has 0 amide bonds. The van der Waals surface area contributed by atoms with Crippen molar-refractivity contribution in [2.75, 3.05) is 13.1 Å². The van der Waals surface area contributed by atoms with Gasteiger partial charge in [-0.2, -0.15) is 0 Å². The zero-order chi connectivity index (χ0) is 9.84. The molecule has 78 valence electrons. The van der Waals surface area contributed by atoms with Crippen molar-refractivity contribution in [1.82, 2.24) is 4.90 Å². The van der Waals surface area contributed by atoms with Crippen LogP contribution >= 0.6 is 0 Å². The Hall–Kier alpha value is -0.0800. The number of aliphatic hydroxyl groups is 1. The molecule has 1 aliphatic heterocycles. The molecule has 2 nitrogen and oxygen atoms in total. The number of aliphatic hydroxyl groups excluding tert-OH is 1. The van der Waals surface area contributed by atoms with Gasteiger partial charge in [0.2, 0.25) is 0 Å². The fourth-order valence-electron chi connectivity index (χ4n) is 2.46. The summed E-state index contributed by atoms with van der Waals surface area (Å²) in [5, 5.41) is 9.65. The van der Waals surface area contributed by atoms with Crippen LogP contribution in [0.2, 0.25) is 0 Å². The first-order valence-corrected chi connectivity index (χ1v) is 5.59. The Morgan fingerprint density at radius 3 is 2.38 bits per heavy atom. The van der Waals surface area contributed by atoms with E-state index >= 15 is 0 Å². The standard InChI is InChI=1S/C11H23NO/c1-4-10(5-2)12-7-9(3)6-11(13)8-12/h9-11,13H,4-8H2,1-3H3. The van der Waals surface area contributed by atoms with E-state index in [2.05, 4.69) is 25.7 Å². The lowest BCUT2D eigenvalue weighted by Crippen LogP contribution is -2.47. The highest BCUT2D eigenvalue weighted by Gasteiger charge is 2.26. The molecule has 2 unspecified atom stereocenters. The summed E-state index contributed by atoms with van der Waals surface area (Å²) in [5.74, 6) is 0.657. The van der Waals surface area contributed by atoms with Gasteiger partial charge in [0, 0.05) is 19.1 Å². The second kappa shape index (κ2) is 4.97. The fourth-order valence-corrected chi connectivity index (χ4v) is 2.46. The van der Waals surface area contributed by atoms with E-state index in [1.165, 1.54) is 19.4 Å². The first-order valence-electron chi connectivity index (χ1n) is 5.59. The molecule has 1 fully saturated rings. The van der Waals surface area contributed by atoms with Crippen molar-refractivity contribution in [3.8, 4) is 0 Å². The molecule has 0 radical (unpaired) electrons. The van der Waals surface area contributed by atoms with E-state index in [-0.39, 0.29) is 6.10 Å². The van der Waals surface area contributed by atoms with E-state index in [0.717, 1.165) is 13.0 Å². The highest BCUT2D eigenvalue weighted by molar-refractivity contribution is 4.80. The minimum absolute atomic E-state index is 0.0932. The summed E-state index contributed by atoms with van der Waals surface area (Å²) in [6.45, 7) is 8.76. The van der Waals surface area contributed by atoms with Crippen LogP contribution in [0.3, 0.4) is 0 Å². The number of hydrogen-bond acceptors (Lipinski definition) is 2. The number of likely N-dealkylation sites (tertiary alicyclic amines) is 1. The van der Waals surface area contributed by atoms with Gasteiger partial charge in [0.25, 0.3) is 0 Å². The molecule has 1 aliphatic rings. The molecule has 0 saturated carbocycles. The molecule has 0 aliphatic carbocycles. The Kier molecular flexibility index (Phi) is 4.20. The van der Waals surface area contributed by atoms with E-state index in [1.54, 1.807) is 0 Å². The maximum Gasteiger partial charge on any atom is 0.0670 e. The normalized spacial score (nSPS) is 31.2. The fraction of sp³-hybridized carbons (Fsp3) is 1.00. The maximum absolute atomic E-state index is 9.65. The third-order valence-corrected chi connectivity index (χ3v) is 3.12. The van der Waals surface area contributed by atoms with Crippen molar-refractivity contribution >= 4 is 0 Å². The largest absolute Gasteiger partial charge is 0.392 e. The maximum atomic E-state index is 9.65. The number of β-amino-alcohol motifs (C(OH)–C–C–N with tert-alkyl or cyclic N) is 1. The van der Waals surface area contributed by atoms with Gasteiger partial charge in [0.1, 0.15) is 0 Å². The summed E-state index contributed by atoms with van der Waals surface area (Å²) in [7, 11) is 0. The Labute approximate surface area is 81.9 Å². The van der Waals surface area contributed by atoms with Crippen LogP contribution in [-0.4, -0.2) is 35.2 Å². The topological polar surface area (TPSA) is 23.5 Å². The lowest BCUT2D eigenvalue weighted by molar-refractivity contribution is 0.0200. The van der Waals surface area contributed by atoms with Crippen molar-refractivity contribution in [3.63, 3.8) is 0 Å². The lowest BCUT2D eigenvalue weighted by Gasteiger charge is -2.38. The van der Waals surface area contributed by atoms with E-state index in [1.807, 2.05) is 0 Å². The molecule has 0 bridgehead atoms. The molecule has 0 aromatic heterocycles. The zero-order valence-electron chi connectivity index (χ0n) is 9.16. The van der Waals surface area contributed by atoms with E-state index in [4.69, 9.17) is 0 Å². The molecule has 2 atom stereocenters. The minimum atomic E-state index is -0.0932. The predicted octanol–water partition coefficient (Wildman–Crippen LogP) is 1.88. The van der Waals surface area contributed by atoms with Crippen LogP contribution in [0.1, 0.15) is 40.0 Å². The van der Waals surface area contributed by atoms with Gasteiger partial charge in [-0.1, -0.05) is 20.8 Å². The summed E-state index contributed by atoms with van der Waals surface area (Å²) in [4.78, 5) is 2.46. The first-order chi connectivity index (χ1) is 6.17. The van der Waals surface area contributed by atoms with Gasteiger partial charge in [-0.15, -0.1) is 0 Å². The van der Waals surface area contributed by atoms with E-state index in [0.29, 0.717) is 12.0 Å². The number of nitrogens with zero attached hydrogens (tertiary/aromatic N) is 1. The van der Waals surface area contributed by atoms with Crippen LogP contribution in [0.4, 0.5) is 0 Å². The Bertz CT molecular complexity index is 135. The van der Waals surface area contributed by atoms with E-state index in [9.17, 15) is 5.11 Å². The smallest absolute Gasteiger partial charge is 0.0670 e. The quantitative estimate of drug-likeness (QED) is 0.725. The predicted molar refractivity (Wildman–Crippen MR) is 55.7 cm³/mol. The van der Waals surface area contributed by atoms with Crippen molar-refractivity contribution in [3.05, 3.63) is 0 Å². The minimum Gasteiger partial charge on any atom is -0.392 e. The molecule has 1 rings (SSSR count). The summed E-state index contributed by atoms with van der Waals surface area (Å²) < 4.78 is 0. The third kappa shape index (κ3) is 2.96. The second-order valence-corrected chi connectivity index (χ2v) is 4.42. The molecule has 0 aromatic rings. The third-order valence-electron chi connectivity index (χ3n) is 3.12. The van der Waals surface area contributed by atoms with Crippen LogP contribution in [0, 0.1) is 5.92 Å². The first kappa shape index (κ1) is 11.0. The highest BCUT2D eigenvalue weighted by Crippen LogP contribution is 2.20. The SMILES string of the molecule is CCC(CC)N1CC(C)CC(O)C1. The summed E-state index contributed by atoms with van der Waals surface area (Å²) >= 11 is 0. The Balaban J connectivity index is 2.48. The zero-order valence-corrected chi connectivity index (χ0v) is 9.16. The average molecular weight is 185 g/mol. The van der Waals surface area contributed by atoms with Crippen LogP contribution < -0.4 is 0 Å². The van der Waals surface area contributed by atoms with Gasteiger partial charge in [-0.05, 0) is 25.2 Å². The van der Waals surface area contributed by atoms with Crippen LogP contribution in [-0.2, 0) is 0 Å². The van der Waals surface area contributed by atoms with Gasteiger partial charge in [0.15, 0.2) is 0 Å². The molecule has 13 heavy (non-hydrogen) atoms. The molecule has 1 saturated heterocycles. The second-order valence-electron chi connectivity index (χ2n) is 4.42. The summed E-state index contributed by atoms with van der Waals surface area (Å²) in [5.41, 5.74) is 0. The Morgan fingerprint density at radius 2 is 1.92 bits per heavy atom. The van der Waals surface area contributed by atoms with Gasteiger partial charge in [-0.25, -0.2) is 0 Å². The van der Waals surface area contributed by atoms with E-state index < -0.39 is 0 Å². The van der Waals surface area contributed by atoms with Gasteiger partial charge in [0.05, 0.1) is 6.10 Å². The molecule has 2 heteroatoms. The van der Waals surface area contributed by atoms with Crippen molar-refractivity contribution in [2.24, 2.45) is 5.92 Å². The molecule has 0 spiro atoms. The molecular weight excluding hydrogens is 162 g/mol. The van der Waals surface area contributed by atoms with Gasteiger partial charge in [-0.3, -0.25) is 4.90 Å². The van der Waals surface area contributed by atoms with Crippen LogP contribution in [0.15, 0.2) is 0 Å². The van der Waals surface area contributed by atoms with Crippen molar-refractivity contribution in [2.45, 2.75) is 52.2 Å². The number of piperidine rings is 1. The molecular formula is C11H23NO. The van der Waals surface area contributed by atoms with Crippen molar-refractivity contribution < 1.29 is 5.11 Å². The Morgan fingerprint density at radius 1 is 1.31 bits per heavy atom.